The molecule has 0 aliphatic heterocycles. The average Bonchev–Trinajstić information content (AvgIpc) is 3.25. The molecule has 3 N–H and O–H groups in total. The number of nitrogens with zero attached hydrogens (tertiary/aromatic N) is 1. The number of methoxy groups -OCH3 is 1. The molecule has 0 amide bonds. The molecule has 1 saturated carbocycles. The predicted octanol–water partition coefficient (Wildman–Crippen LogP) is 3.59. The molecule has 2 atom stereocenters. The average molecular weight is 309 g/mol. The van der Waals surface area contributed by atoms with E-state index in [2.05, 4.69) is 54.5 Å². The summed E-state index contributed by atoms with van der Waals surface area (Å²) in [6.07, 6.45) is 1.03. The van der Waals surface area contributed by atoms with E-state index in [4.69, 9.17) is 10.5 Å². The van der Waals surface area contributed by atoms with Crippen molar-refractivity contribution in [1.82, 2.24) is 0 Å². The van der Waals surface area contributed by atoms with E-state index in [0.717, 1.165) is 17.9 Å². The van der Waals surface area contributed by atoms with Crippen molar-refractivity contribution < 1.29 is 4.74 Å². The van der Waals surface area contributed by atoms with Gasteiger partial charge in [-0.1, -0.05) is 18.2 Å². The van der Waals surface area contributed by atoms with Crippen LogP contribution in [-0.2, 0) is 0 Å². The number of rotatable bonds is 4. The number of anilines is 1. The Morgan fingerprint density at radius 1 is 1.17 bits per heavy atom. The number of aryl methyl sites for hydroxylation is 2. The van der Waals surface area contributed by atoms with Gasteiger partial charge in [-0.25, -0.2) is 4.99 Å². The van der Waals surface area contributed by atoms with Crippen LogP contribution in [0.25, 0.3) is 0 Å². The maximum absolute atomic E-state index is 6.06. The number of ether oxygens (including phenoxy) is 1. The summed E-state index contributed by atoms with van der Waals surface area (Å²) in [6.45, 7) is 4.15. The molecule has 1 aliphatic rings. The Balaban J connectivity index is 1.66. The maximum Gasteiger partial charge on any atom is 0.193 e. The van der Waals surface area contributed by atoms with E-state index in [1.807, 2.05) is 12.1 Å². The predicted molar refractivity (Wildman–Crippen MR) is 95.3 cm³/mol. The van der Waals surface area contributed by atoms with E-state index in [-0.39, 0.29) is 6.04 Å². The summed E-state index contributed by atoms with van der Waals surface area (Å²) in [6, 6.07) is 14.7. The summed E-state index contributed by atoms with van der Waals surface area (Å²) in [5.41, 5.74) is 10.7. The molecule has 0 saturated heterocycles. The van der Waals surface area contributed by atoms with Gasteiger partial charge in [-0.15, -0.1) is 0 Å². The Labute approximate surface area is 137 Å². The standard InChI is InChI=1S/C19H23N3O/c1-12-7-13(2)9-15(8-12)21-19(20)22-18-11-17(18)14-5-4-6-16(10-14)23-3/h4-10,17-18H,11H2,1-3H3,(H3,20,21,22)/t17-,18+/m0/s1. The van der Waals surface area contributed by atoms with Crippen molar-refractivity contribution in [1.29, 1.82) is 0 Å². The van der Waals surface area contributed by atoms with Crippen LogP contribution in [0, 0.1) is 13.8 Å². The van der Waals surface area contributed by atoms with Crippen molar-refractivity contribution in [2.75, 3.05) is 12.4 Å². The monoisotopic (exact) mass is 309 g/mol. The topological polar surface area (TPSA) is 59.6 Å². The molecule has 0 heterocycles. The molecule has 0 bridgehead atoms. The first-order valence-electron chi connectivity index (χ1n) is 7.87. The maximum atomic E-state index is 6.06. The lowest BCUT2D eigenvalue weighted by Crippen LogP contribution is -2.23. The minimum Gasteiger partial charge on any atom is -0.497 e. The van der Waals surface area contributed by atoms with Crippen LogP contribution in [0.5, 0.6) is 5.75 Å². The summed E-state index contributed by atoms with van der Waals surface area (Å²) in [5, 5.41) is 3.19. The minimum absolute atomic E-state index is 0.250. The smallest absolute Gasteiger partial charge is 0.193 e. The molecular weight excluding hydrogens is 286 g/mol. The minimum atomic E-state index is 0.250. The van der Waals surface area contributed by atoms with Gasteiger partial charge in [0.2, 0.25) is 0 Å². The summed E-state index contributed by atoms with van der Waals surface area (Å²) < 4.78 is 5.28. The fraction of sp³-hybridized carbons (Fsp3) is 0.316. The van der Waals surface area contributed by atoms with E-state index in [0.29, 0.717) is 11.9 Å². The number of nitrogens with two attached hydrogens (primary N) is 1. The molecule has 1 fully saturated rings. The molecule has 2 aromatic rings. The zero-order chi connectivity index (χ0) is 16.4. The number of benzene rings is 2. The van der Waals surface area contributed by atoms with Crippen LogP contribution in [0.15, 0.2) is 47.5 Å². The van der Waals surface area contributed by atoms with Gasteiger partial charge in [0.15, 0.2) is 5.96 Å². The molecule has 1 aliphatic carbocycles. The zero-order valence-corrected chi connectivity index (χ0v) is 13.8. The lowest BCUT2D eigenvalue weighted by molar-refractivity contribution is 0.414. The second-order valence-electron chi connectivity index (χ2n) is 6.20. The van der Waals surface area contributed by atoms with Gasteiger partial charge in [-0.3, -0.25) is 0 Å². The van der Waals surface area contributed by atoms with Gasteiger partial charge in [0.05, 0.1) is 13.2 Å². The van der Waals surface area contributed by atoms with Crippen LogP contribution in [0.3, 0.4) is 0 Å². The third-order valence-electron chi connectivity index (χ3n) is 4.08. The van der Waals surface area contributed by atoms with Gasteiger partial charge >= 0.3 is 0 Å². The van der Waals surface area contributed by atoms with Crippen LogP contribution in [0.1, 0.15) is 29.0 Å². The third-order valence-corrected chi connectivity index (χ3v) is 4.08. The normalized spacial score (nSPS) is 20.2. The quantitative estimate of drug-likeness (QED) is 0.670. The molecule has 2 aromatic carbocycles. The Kier molecular flexibility index (Phi) is 4.24. The van der Waals surface area contributed by atoms with Crippen molar-refractivity contribution in [3.63, 3.8) is 0 Å². The van der Waals surface area contributed by atoms with Gasteiger partial charge in [0.1, 0.15) is 5.75 Å². The van der Waals surface area contributed by atoms with E-state index < -0.39 is 0 Å². The first kappa shape index (κ1) is 15.4. The van der Waals surface area contributed by atoms with Crippen LogP contribution < -0.4 is 15.8 Å². The highest BCUT2D eigenvalue weighted by Crippen LogP contribution is 2.44. The number of hydrogen-bond acceptors (Lipinski definition) is 2. The molecule has 0 radical (unpaired) electrons. The molecular formula is C19H23N3O. The first-order chi connectivity index (χ1) is 11.0. The fourth-order valence-electron chi connectivity index (χ4n) is 2.96. The van der Waals surface area contributed by atoms with Gasteiger partial charge in [0, 0.05) is 11.6 Å². The molecule has 4 nitrogen and oxygen atoms in total. The third kappa shape index (κ3) is 3.83. The number of nitrogens with one attached hydrogen (secondary N) is 1. The SMILES string of the molecule is COc1cccc([C@@H]2C[C@H]2N=C(N)Nc2cc(C)cc(C)c2)c1. The van der Waals surface area contributed by atoms with Crippen molar-refractivity contribution in [3.05, 3.63) is 59.2 Å². The second-order valence-corrected chi connectivity index (χ2v) is 6.20. The number of hydrogen-bond donors (Lipinski definition) is 2. The molecule has 0 unspecified atom stereocenters. The van der Waals surface area contributed by atoms with Crippen molar-refractivity contribution in [3.8, 4) is 5.75 Å². The molecule has 3 rings (SSSR count). The van der Waals surface area contributed by atoms with Crippen LogP contribution in [0.2, 0.25) is 0 Å². The van der Waals surface area contributed by atoms with Gasteiger partial charge in [0.25, 0.3) is 0 Å². The first-order valence-corrected chi connectivity index (χ1v) is 7.87. The largest absolute Gasteiger partial charge is 0.497 e. The Morgan fingerprint density at radius 2 is 1.91 bits per heavy atom. The highest BCUT2D eigenvalue weighted by molar-refractivity contribution is 5.92. The van der Waals surface area contributed by atoms with Crippen molar-refractivity contribution in [2.24, 2.45) is 10.7 Å². The summed E-state index contributed by atoms with van der Waals surface area (Å²) in [4.78, 5) is 4.60. The van der Waals surface area contributed by atoms with Crippen molar-refractivity contribution in [2.45, 2.75) is 32.2 Å². The molecule has 23 heavy (non-hydrogen) atoms. The highest BCUT2D eigenvalue weighted by Gasteiger charge is 2.38. The molecule has 0 aromatic heterocycles. The number of guanidine groups is 1. The zero-order valence-electron chi connectivity index (χ0n) is 13.8. The molecule has 4 heteroatoms. The summed E-state index contributed by atoms with van der Waals surface area (Å²) >= 11 is 0. The van der Waals surface area contributed by atoms with E-state index in [1.54, 1.807) is 7.11 Å². The summed E-state index contributed by atoms with van der Waals surface area (Å²) in [5.74, 6) is 1.80. The van der Waals surface area contributed by atoms with Gasteiger partial charge in [-0.05, 0) is 61.2 Å². The highest BCUT2D eigenvalue weighted by atomic mass is 16.5. The lowest BCUT2D eigenvalue weighted by Gasteiger charge is -2.08. The van der Waals surface area contributed by atoms with Gasteiger partial charge < -0.3 is 15.8 Å². The Hall–Kier alpha value is -2.49. The summed E-state index contributed by atoms with van der Waals surface area (Å²) in [7, 11) is 1.69. The van der Waals surface area contributed by atoms with Crippen LogP contribution in [-0.4, -0.2) is 19.1 Å². The Morgan fingerprint density at radius 3 is 2.61 bits per heavy atom. The van der Waals surface area contributed by atoms with E-state index in [1.165, 1.54) is 16.7 Å². The van der Waals surface area contributed by atoms with Gasteiger partial charge in [-0.2, -0.15) is 0 Å². The second kappa shape index (κ2) is 6.32. The van der Waals surface area contributed by atoms with E-state index >= 15 is 0 Å². The van der Waals surface area contributed by atoms with Crippen LogP contribution in [0.4, 0.5) is 5.69 Å². The van der Waals surface area contributed by atoms with E-state index in [9.17, 15) is 0 Å². The Bertz CT molecular complexity index is 719. The lowest BCUT2D eigenvalue weighted by atomic mass is 10.1. The molecule has 0 spiro atoms. The number of aliphatic imine (C=N–C) groups is 1. The molecule has 120 valence electrons. The van der Waals surface area contributed by atoms with Crippen molar-refractivity contribution >= 4 is 11.6 Å². The fourth-order valence-corrected chi connectivity index (χ4v) is 2.96. The van der Waals surface area contributed by atoms with Crippen LogP contribution >= 0.6 is 0 Å².